The highest BCUT2D eigenvalue weighted by molar-refractivity contribution is 7.15. The van der Waals surface area contributed by atoms with Gasteiger partial charge >= 0.3 is 0 Å². The van der Waals surface area contributed by atoms with Crippen LogP contribution in [0.1, 0.15) is 35.5 Å². The molecule has 4 rings (SSSR count). The van der Waals surface area contributed by atoms with E-state index in [1.165, 1.54) is 10.4 Å². The summed E-state index contributed by atoms with van der Waals surface area (Å²) in [6.07, 6.45) is 1.41. The van der Waals surface area contributed by atoms with Gasteiger partial charge in [0.25, 0.3) is 5.89 Å². The molecule has 1 saturated heterocycles. The molecule has 0 N–H and O–H groups in total. The van der Waals surface area contributed by atoms with Crippen LogP contribution in [0.25, 0.3) is 10.8 Å². The molecule has 3 aromatic rings. The standard InChI is InChI=1S/C19H19N3O2S/c1-3-13-5-7-15(8-6-13)22-11-14(10-17(22)23)18-20-19(24-21-18)16-9-4-12(2)25-16/h4-9,14H,3,10-11H2,1-2H3. The molecule has 1 fully saturated rings. The lowest BCUT2D eigenvalue weighted by molar-refractivity contribution is -0.117. The van der Waals surface area contributed by atoms with E-state index in [4.69, 9.17) is 4.52 Å². The minimum absolute atomic E-state index is 0.0306. The zero-order valence-corrected chi connectivity index (χ0v) is 15.0. The average Bonchev–Trinajstić information content (AvgIpc) is 3.34. The van der Waals surface area contributed by atoms with Crippen LogP contribution in [0, 0.1) is 6.92 Å². The smallest absolute Gasteiger partial charge is 0.268 e. The summed E-state index contributed by atoms with van der Waals surface area (Å²) in [5.41, 5.74) is 2.20. The summed E-state index contributed by atoms with van der Waals surface area (Å²) in [5, 5.41) is 4.12. The highest BCUT2D eigenvalue weighted by atomic mass is 32.1. The van der Waals surface area contributed by atoms with Gasteiger partial charge in [-0.25, -0.2) is 0 Å². The lowest BCUT2D eigenvalue weighted by Gasteiger charge is -2.16. The van der Waals surface area contributed by atoms with E-state index in [0.29, 0.717) is 24.7 Å². The maximum Gasteiger partial charge on any atom is 0.268 e. The van der Waals surface area contributed by atoms with Crippen LogP contribution in [0.2, 0.25) is 0 Å². The third-order valence-corrected chi connectivity index (χ3v) is 5.53. The Morgan fingerprint density at radius 1 is 1.24 bits per heavy atom. The maximum absolute atomic E-state index is 12.4. The van der Waals surface area contributed by atoms with Crippen LogP contribution < -0.4 is 4.90 Å². The van der Waals surface area contributed by atoms with Gasteiger partial charge in [-0.3, -0.25) is 4.79 Å². The number of rotatable bonds is 4. The van der Waals surface area contributed by atoms with Crippen molar-refractivity contribution in [2.24, 2.45) is 0 Å². The predicted molar refractivity (Wildman–Crippen MR) is 97.9 cm³/mol. The largest absolute Gasteiger partial charge is 0.333 e. The summed E-state index contributed by atoms with van der Waals surface area (Å²) in [7, 11) is 0. The molecule has 1 unspecified atom stereocenters. The Morgan fingerprint density at radius 3 is 2.72 bits per heavy atom. The van der Waals surface area contributed by atoms with Gasteiger partial charge in [-0.05, 0) is 43.2 Å². The number of benzene rings is 1. The molecule has 25 heavy (non-hydrogen) atoms. The van der Waals surface area contributed by atoms with E-state index in [-0.39, 0.29) is 11.8 Å². The summed E-state index contributed by atoms with van der Waals surface area (Å²) >= 11 is 1.62. The number of thiophene rings is 1. The van der Waals surface area contributed by atoms with Crippen molar-refractivity contribution in [3.8, 4) is 10.8 Å². The van der Waals surface area contributed by atoms with Gasteiger partial charge in [0.15, 0.2) is 5.82 Å². The van der Waals surface area contributed by atoms with E-state index in [1.807, 2.05) is 36.1 Å². The molecule has 0 radical (unpaired) electrons. The van der Waals surface area contributed by atoms with Gasteiger partial charge in [0, 0.05) is 29.4 Å². The number of carbonyl (C=O) groups is 1. The van der Waals surface area contributed by atoms with Crippen molar-refractivity contribution in [2.45, 2.75) is 32.6 Å². The van der Waals surface area contributed by atoms with E-state index in [1.54, 1.807) is 11.3 Å². The molecule has 1 atom stereocenters. The summed E-state index contributed by atoms with van der Waals surface area (Å²) in [4.78, 5) is 20.9. The SMILES string of the molecule is CCc1ccc(N2CC(c3noc(-c4ccc(C)s4)n3)CC2=O)cc1. The molecule has 1 aliphatic rings. The Balaban J connectivity index is 1.53. The van der Waals surface area contributed by atoms with Gasteiger partial charge in [-0.15, -0.1) is 11.3 Å². The van der Waals surface area contributed by atoms with Gasteiger partial charge in [0.1, 0.15) is 0 Å². The summed E-state index contributed by atoms with van der Waals surface area (Å²) in [6, 6.07) is 12.2. The Labute approximate surface area is 150 Å². The quantitative estimate of drug-likeness (QED) is 0.706. The topological polar surface area (TPSA) is 59.2 Å². The number of hydrogen-bond donors (Lipinski definition) is 0. The normalized spacial score (nSPS) is 17.4. The zero-order valence-electron chi connectivity index (χ0n) is 14.2. The molecule has 3 heterocycles. The second-order valence-electron chi connectivity index (χ2n) is 6.29. The van der Waals surface area contributed by atoms with Crippen molar-refractivity contribution in [3.05, 3.63) is 52.7 Å². The van der Waals surface area contributed by atoms with E-state index < -0.39 is 0 Å². The van der Waals surface area contributed by atoms with Crippen LogP contribution in [0.5, 0.6) is 0 Å². The summed E-state index contributed by atoms with van der Waals surface area (Å²) < 4.78 is 5.40. The van der Waals surface area contributed by atoms with Gasteiger partial charge in [-0.1, -0.05) is 24.2 Å². The van der Waals surface area contributed by atoms with Crippen LogP contribution in [0.3, 0.4) is 0 Å². The molecule has 0 spiro atoms. The molecule has 1 aliphatic heterocycles. The van der Waals surface area contributed by atoms with E-state index >= 15 is 0 Å². The van der Waals surface area contributed by atoms with Crippen molar-refractivity contribution in [1.82, 2.24) is 10.1 Å². The van der Waals surface area contributed by atoms with Crippen molar-refractivity contribution in [2.75, 3.05) is 11.4 Å². The minimum Gasteiger partial charge on any atom is -0.333 e. The fraction of sp³-hybridized carbons (Fsp3) is 0.316. The van der Waals surface area contributed by atoms with Gasteiger partial charge in [0.05, 0.1) is 4.88 Å². The first-order valence-electron chi connectivity index (χ1n) is 8.43. The number of hydrogen-bond acceptors (Lipinski definition) is 5. The third-order valence-electron chi connectivity index (χ3n) is 4.54. The van der Waals surface area contributed by atoms with Crippen LogP contribution in [-0.4, -0.2) is 22.6 Å². The Bertz CT molecular complexity index is 898. The van der Waals surface area contributed by atoms with E-state index in [0.717, 1.165) is 17.0 Å². The van der Waals surface area contributed by atoms with Gasteiger partial charge in [0.2, 0.25) is 5.91 Å². The first-order valence-corrected chi connectivity index (χ1v) is 9.25. The molecular formula is C19H19N3O2S. The second-order valence-corrected chi connectivity index (χ2v) is 7.58. The van der Waals surface area contributed by atoms with Crippen LogP contribution in [0.15, 0.2) is 40.9 Å². The third kappa shape index (κ3) is 3.09. The van der Waals surface area contributed by atoms with Gasteiger partial charge in [-0.2, -0.15) is 4.98 Å². The lowest BCUT2D eigenvalue weighted by Crippen LogP contribution is -2.24. The van der Waals surface area contributed by atoms with Gasteiger partial charge < -0.3 is 9.42 Å². The number of nitrogens with zero attached hydrogens (tertiary/aromatic N) is 3. The minimum atomic E-state index is -0.0306. The highest BCUT2D eigenvalue weighted by Gasteiger charge is 2.34. The highest BCUT2D eigenvalue weighted by Crippen LogP contribution is 2.33. The Kier molecular flexibility index (Phi) is 4.13. The fourth-order valence-corrected chi connectivity index (χ4v) is 3.88. The molecule has 1 aromatic carbocycles. The number of amides is 1. The van der Waals surface area contributed by atoms with Crippen molar-refractivity contribution < 1.29 is 9.32 Å². The first kappa shape index (κ1) is 16.0. The Morgan fingerprint density at radius 2 is 2.04 bits per heavy atom. The second kappa shape index (κ2) is 6.44. The zero-order chi connectivity index (χ0) is 17.4. The number of aromatic nitrogens is 2. The van der Waals surface area contributed by atoms with Crippen LogP contribution in [-0.2, 0) is 11.2 Å². The van der Waals surface area contributed by atoms with Crippen molar-refractivity contribution in [3.63, 3.8) is 0 Å². The summed E-state index contributed by atoms with van der Waals surface area (Å²) in [6.45, 7) is 4.75. The molecule has 6 heteroatoms. The molecule has 128 valence electrons. The number of carbonyl (C=O) groups excluding carboxylic acids is 1. The molecular weight excluding hydrogens is 334 g/mol. The lowest BCUT2D eigenvalue weighted by atomic mass is 10.1. The fourth-order valence-electron chi connectivity index (χ4n) is 3.09. The predicted octanol–water partition coefficient (Wildman–Crippen LogP) is 4.19. The van der Waals surface area contributed by atoms with Crippen LogP contribution >= 0.6 is 11.3 Å². The van der Waals surface area contributed by atoms with Crippen LogP contribution in [0.4, 0.5) is 5.69 Å². The molecule has 0 bridgehead atoms. The molecule has 5 nitrogen and oxygen atoms in total. The monoisotopic (exact) mass is 353 g/mol. The average molecular weight is 353 g/mol. The van der Waals surface area contributed by atoms with Crippen molar-refractivity contribution >= 4 is 22.9 Å². The Hall–Kier alpha value is -2.47. The molecule has 0 aliphatic carbocycles. The molecule has 1 amide bonds. The molecule has 2 aromatic heterocycles. The number of aryl methyl sites for hydroxylation is 2. The first-order chi connectivity index (χ1) is 12.1. The summed E-state index contributed by atoms with van der Waals surface area (Å²) in [5.74, 6) is 1.22. The maximum atomic E-state index is 12.4. The van der Waals surface area contributed by atoms with E-state index in [9.17, 15) is 4.79 Å². The molecule has 0 saturated carbocycles. The van der Waals surface area contributed by atoms with E-state index in [2.05, 4.69) is 29.2 Å². The number of anilines is 1. The van der Waals surface area contributed by atoms with Crippen molar-refractivity contribution in [1.29, 1.82) is 0 Å².